The number of rotatable bonds is 3. The Labute approximate surface area is 127 Å². The third-order valence-corrected chi connectivity index (χ3v) is 3.76. The maximum absolute atomic E-state index is 5.59. The third-order valence-electron chi connectivity index (χ3n) is 2.48. The average Bonchev–Trinajstić information content (AvgIpc) is 2.37. The van der Waals surface area contributed by atoms with E-state index >= 15 is 0 Å². The molecule has 19 heavy (non-hydrogen) atoms. The lowest BCUT2D eigenvalue weighted by molar-refractivity contribution is 0.412. The molecule has 1 aromatic carbocycles. The molecular formula is C12H12Br2N4O. The molecule has 0 saturated heterocycles. The minimum absolute atomic E-state index is 0.230. The Hall–Kier alpha value is -1.34. The zero-order valence-corrected chi connectivity index (χ0v) is 13.5. The largest absolute Gasteiger partial charge is 0.495 e. The SMILES string of the molecule is COc1cc(Nc2nc(N)ncc2C)c(Br)cc1Br. The Morgan fingerprint density at radius 2 is 2.00 bits per heavy atom. The molecule has 0 aliphatic carbocycles. The van der Waals surface area contributed by atoms with Crippen molar-refractivity contribution in [1.29, 1.82) is 0 Å². The van der Waals surface area contributed by atoms with Gasteiger partial charge in [0.1, 0.15) is 11.6 Å². The van der Waals surface area contributed by atoms with Crippen molar-refractivity contribution in [2.45, 2.75) is 6.92 Å². The van der Waals surface area contributed by atoms with Gasteiger partial charge in [-0.05, 0) is 44.8 Å². The average molecular weight is 388 g/mol. The standard InChI is InChI=1S/C12H12Br2N4O/c1-6-5-16-12(15)18-11(6)17-9-4-10(19-2)8(14)3-7(9)13/h3-5H,1-2H3,(H3,15,16,17,18). The molecule has 0 spiro atoms. The molecule has 0 amide bonds. The van der Waals surface area contributed by atoms with E-state index in [4.69, 9.17) is 10.5 Å². The van der Waals surface area contributed by atoms with Crippen LogP contribution in [0.4, 0.5) is 17.5 Å². The minimum atomic E-state index is 0.230. The van der Waals surface area contributed by atoms with Gasteiger partial charge in [0.2, 0.25) is 5.95 Å². The highest BCUT2D eigenvalue weighted by Crippen LogP contribution is 2.36. The first-order valence-corrected chi connectivity index (χ1v) is 6.99. The molecular weight excluding hydrogens is 376 g/mol. The van der Waals surface area contributed by atoms with Crippen LogP contribution < -0.4 is 15.8 Å². The van der Waals surface area contributed by atoms with Gasteiger partial charge in [-0.3, -0.25) is 0 Å². The van der Waals surface area contributed by atoms with Gasteiger partial charge in [0.05, 0.1) is 17.3 Å². The molecule has 0 saturated carbocycles. The molecule has 0 bridgehead atoms. The third kappa shape index (κ3) is 3.16. The second kappa shape index (κ2) is 5.75. The molecule has 5 nitrogen and oxygen atoms in total. The van der Waals surface area contributed by atoms with Gasteiger partial charge in [-0.1, -0.05) is 0 Å². The molecule has 0 atom stereocenters. The maximum atomic E-state index is 5.59. The molecule has 100 valence electrons. The van der Waals surface area contributed by atoms with E-state index < -0.39 is 0 Å². The number of benzene rings is 1. The predicted molar refractivity (Wildman–Crippen MR) is 82.9 cm³/mol. The van der Waals surface area contributed by atoms with Crippen molar-refractivity contribution in [2.24, 2.45) is 0 Å². The van der Waals surface area contributed by atoms with Gasteiger partial charge in [0.15, 0.2) is 0 Å². The molecule has 7 heteroatoms. The Bertz CT molecular complexity index is 619. The van der Waals surface area contributed by atoms with E-state index in [2.05, 4.69) is 47.1 Å². The monoisotopic (exact) mass is 386 g/mol. The van der Waals surface area contributed by atoms with Crippen LogP contribution in [0, 0.1) is 6.92 Å². The van der Waals surface area contributed by atoms with Gasteiger partial charge in [0.25, 0.3) is 0 Å². The lowest BCUT2D eigenvalue weighted by Gasteiger charge is -2.12. The predicted octanol–water partition coefficient (Wildman–Crippen LogP) is 3.64. The summed E-state index contributed by atoms with van der Waals surface area (Å²) in [4.78, 5) is 8.10. The fourth-order valence-electron chi connectivity index (χ4n) is 1.49. The van der Waals surface area contributed by atoms with Gasteiger partial charge >= 0.3 is 0 Å². The zero-order chi connectivity index (χ0) is 14.0. The highest BCUT2D eigenvalue weighted by molar-refractivity contribution is 9.11. The summed E-state index contributed by atoms with van der Waals surface area (Å²) in [5.41, 5.74) is 7.33. The van der Waals surface area contributed by atoms with Gasteiger partial charge in [-0.25, -0.2) is 4.98 Å². The van der Waals surface area contributed by atoms with Crippen LogP contribution in [0.2, 0.25) is 0 Å². The maximum Gasteiger partial charge on any atom is 0.221 e. The van der Waals surface area contributed by atoms with Crippen molar-refractivity contribution in [3.8, 4) is 5.75 Å². The highest BCUT2D eigenvalue weighted by Gasteiger charge is 2.09. The number of aromatic nitrogens is 2. The fourth-order valence-corrected chi connectivity index (χ4v) is 2.75. The summed E-state index contributed by atoms with van der Waals surface area (Å²) < 4.78 is 7.02. The Balaban J connectivity index is 2.40. The van der Waals surface area contributed by atoms with Crippen LogP contribution in [0.15, 0.2) is 27.3 Å². The number of nitrogens with one attached hydrogen (secondary N) is 1. The van der Waals surface area contributed by atoms with E-state index in [0.717, 1.165) is 25.9 Å². The van der Waals surface area contributed by atoms with E-state index in [-0.39, 0.29) is 5.95 Å². The van der Waals surface area contributed by atoms with Gasteiger partial charge in [-0.15, -0.1) is 0 Å². The number of nitrogens with two attached hydrogens (primary N) is 1. The molecule has 2 aromatic rings. The Morgan fingerprint density at radius 1 is 1.26 bits per heavy atom. The number of ether oxygens (including phenoxy) is 1. The number of nitrogens with zero attached hydrogens (tertiary/aromatic N) is 2. The Kier molecular flexibility index (Phi) is 4.26. The first-order chi connectivity index (χ1) is 9.01. The lowest BCUT2D eigenvalue weighted by atomic mass is 10.2. The molecule has 1 aromatic heterocycles. The van der Waals surface area contributed by atoms with Crippen LogP contribution in [0.3, 0.4) is 0 Å². The number of hydrogen-bond donors (Lipinski definition) is 2. The summed E-state index contributed by atoms with van der Waals surface area (Å²) in [6.45, 7) is 1.91. The summed E-state index contributed by atoms with van der Waals surface area (Å²) in [5, 5.41) is 3.20. The number of methoxy groups -OCH3 is 1. The molecule has 2 rings (SSSR count). The number of hydrogen-bond acceptors (Lipinski definition) is 5. The van der Waals surface area contributed by atoms with Crippen molar-refractivity contribution in [3.63, 3.8) is 0 Å². The Morgan fingerprint density at radius 3 is 2.68 bits per heavy atom. The molecule has 1 heterocycles. The summed E-state index contributed by atoms with van der Waals surface area (Å²) in [6.07, 6.45) is 1.68. The zero-order valence-electron chi connectivity index (χ0n) is 10.4. The molecule has 3 N–H and O–H groups in total. The lowest BCUT2D eigenvalue weighted by Crippen LogP contribution is -2.02. The van der Waals surface area contributed by atoms with Crippen LogP contribution in [-0.4, -0.2) is 17.1 Å². The fraction of sp³-hybridized carbons (Fsp3) is 0.167. The summed E-state index contributed by atoms with van der Waals surface area (Å²) >= 11 is 6.91. The van der Waals surface area contributed by atoms with E-state index in [0.29, 0.717) is 5.82 Å². The molecule has 0 fully saturated rings. The van der Waals surface area contributed by atoms with Crippen LogP contribution >= 0.6 is 31.9 Å². The number of nitrogen functional groups attached to an aromatic ring is 1. The van der Waals surface area contributed by atoms with Gasteiger partial charge in [-0.2, -0.15) is 4.98 Å². The number of aryl methyl sites for hydroxylation is 1. The summed E-state index contributed by atoms with van der Waals surface area (Å²) in [5.74, 6) is 1.62. The first kappa shape index (κ1) is 14.1. The highest BCUT2D eigenvalue weighted by atomic mass is 79.9. The van der Waals surface area contributed by atoms with Crippen molar-refractivity contribution >= 4 is 49.3 Å². The van der Waals surface area contributed by atoms with Crippen LogP contribution in [0.25, 0.3) is 0 Å². The number of halogens is 2. The summed E-state index contributed by atoms with van der Waals surface area (Å²) in [7, 11) is 1.62. The molecule has 0 aliphatic rings. The van der Waals surface area contributed by atoms with Crippen molar-refractivity contribution < 1.29 is 4.74 Å². The van der Waals surface area contributed by atoms with Gasteiger partial charge < -0.3 is 15.8 Å². The van der Waals surface area contributed by atoms with E-state index in [9.17, 15) is 0 Å². The van der Waals surface area contributed by atoms with E-state index in [1.165, 1.54) is 0 Å². The minimum Gasteiger partial charge on any atom is -0.495 e. The molecule has 0 radical (unpaired) electrons. The summed E-state index contributed by atoms with van der Waals surface area (Å²) in [6, 6.07) is 3.77. The second-order valence-corrected chi connectivity index (χ2v) is 5.56. The second-order valence-electron chi connectivity index (χ2n) is 3.85. The smallest absolute Gasteiger partial charge is 0.221 e. The first-order valence-electron chi connectivity index (χ1n) is 5.40. The van der Waals surface area contributed by atoms with Crippen LogP contribution in [0.5, 0.6) is 5.75 Å². The number of anilines is 3. The van der Waals surface area contributed by atoms with Crippen molar-refractivity contribution in [3.05, 3.63) is 32.8 Å². The molecule has 0 aliphatic heterocycles. The van der Waals surface area contributed by atoms with Crippen molar-refractivity contribution in [1.82, 2.24) is 9.97 Å². The van der Waals surface area contributed by atoms with E-state index in [1.807, 2.05) is 19.1 Å². The normalized spacial score (nSPS) is 10.3. The quantitative estimate of drug-likeness (QED) is 0.840. The molecule has 0 unspecified atom stereocenters. The van der Waals surface area contributed by atoms with Crippen molar-refractivity contribution in [2.75, 3.05) is 18.2 Å². The van der Waals surface area contributed by atoms with Gasteiger partial charge in [0, 0.05) is 22.3 Å². The van der Waals surface area contributed by atoms with Crippen LogP contribution in [-0.2, 0) is 0 Å². The van der Waals surface area contributed by atoms with E-state index in [1.54, 1.807) is 13.3 Å². The van der Waals surface area contributed by atoms with Crippen LogP contribution in [0.1, 0.15) is 5.56 Å². The topological polar surface area (TPSA) is 73.1 Å².